The highest BCUT2D eigenvalue weighted by molar-refractivity contribution is 5.88. The average molecular weight is 383 g/mol. The Hall–Kier alpha value is -2.68. The molecule has 5 rings (SSSR count). The molecule has 0 spiro atoms. The fourth-order valence-electron chi connectivity index (χ4n) is 4.95. The number of methoxy groups -OCH3 is 1. The molecular weight excluding hydrogens is 358 g/mol. The lowest BCUT2D eigenvalue weighted by molar-refractivity contribution is -0.148. The minimum absolute atomic E-state index is 0.235. The van der Waals surface area contributed by atoms with E-state index in [2.05, 4.69) is 35.3 Å². The van der Waals surface area contributed by atoms with E-state index in [0.717, 1.165) is 24.6 Å². The number of carbonyl (C=O) groups is 1. The Kier molecular flexibility index (Phi) is 4.01. The van der Waals surface area contributed by atoms with Crippen LogP contribution in [0.1, 0.15) is 41.9 Å². The number of carbonyl (C=O) groups excluding carboxylic acids is 1. The first-order valence-corrected chi connectivity index (χ1v) is 9.78. The SMILES string of the molecule is COC(=O)c1cc(Nc2cc(C)[nH]n2)nc(N(C)C2C[C@@H]3CC4C[C@H](C2)N43)n1. The molecule has 0 radical (unpaired) electrons. The summed E-state index contributed by atoms with van der Waals surface area (Å²) in [5.41, 5.74) is 1.17. The predicted molar refractivity (Wildman–Crippen MR) is 104 cm³/mol. The van der Waals surface area contributed by atoms with Gasteiger partial charge in [-0.2, -0.15) is 10.1 Å². The Morgan fingerprint density at radius 3 is 2.50 bits per heavy atom. The Bertz CT molecular complexity index is 897. The van der Waals surface area contributed by atoms with E-state index in [4.69, 9.17) is 4.74 Å². The lowest BCUT2D eigenvalue weighted by atomic mass is 9.68. The van der Waals surface area contributed by atoms with Crippen molar-refractivity contribution in [3.63, 3.8) is 0 Å². The molecule has 0 amide bonds. The van der Waals surface area contributed by atoms with Crippen LogP contribution in [-0.2, 0) is 4.74 Å². The van der Waals surface area contributed by atoms with Gasteiger partial charge in [0.1, 0.15) is 5.82 Å². The zero-order valence-electron chi connectivity index (χ0n) is 16.3. The van der Waals surface area contributed by atoms with Crippen LogP contribution in [0, 0.1) is 6.92 Å². The number of aryl methyl sites for hydroxylation is 1. The van der Waals surface area contributed by atoms with Crippen molar-refractivity contribution < 1.29 is 9.53 Å². The van der Waals surface area contributed by atoms with Gasteiger partial charge in [0.25, 0.3) is 0 Å². The van der Waals surface area contributed by atoms with Gasteiger partial charge in [0.05, 0.1) is 7.11 Å². The van der Waals surface area contributed by atoms with Gasteiger partial charge in [0.2, 0.25) is 5.95 Å². The van der Waals surface area contributed by atoms with Crippen molar-refractivity contribution in [2.24, 2.45) is 0 Å². The average Bonchev–Trinajstić information content (AvgIpc) is 3.06. The first kappa shape index (κ1) is 17.4. The number of nitrogens with zero attached hydrogens (tertiary/aromatic N) is 5. The summed E-state index contributed by atoms with van der Waals surface area (Å²) in [4.78, 5) is 26.1. The van der Waals surface area contributed by atoms with Crippen LogP contribution in [0.4, 0.5) is 17.6 Å². The Morgan fingerprint density at radius 2 is 1.89 bits per heavy atom. The first-order valence-electron chi connectivity index (χ1n) is 9.78. The number of piperidine rings is 2. The van der Waals surface area contributed by atoms with Gasteiger partial charge in [-0.25, -0.2) is 9.78 Å². The van der Waals surface area contributed by atoms with Crippen LogP contribution >= 0.6 is 0 Å². The van der Waals surface area contributed by atoms with Crippen molar-refractivity contribution in [1.29, 1.82) is 0 Å². The third-order valence-electron chi connectivity index (χ3n) is 6.38. The van der Waals surface area contributed by atoms with Gasteiger partial charge in [-0.05, 0) is 32.6 Å². The molecule has 3 aliphatic rings. The monoisotopic (exact) mass is 383 g/mol. The van der Waals surface area contributed by atoms with E-state index < -0.39 is 5.97 Å². The number of esters is 1. The first-order chi connectivity index (χ1) is 13.5. The van der Waals surface area contributed by atoms with E-state index >= 15 is 0 Å². The van der Waals surface area contributed by atoms with E-state index in [9.17, 15) is 4.79 Å². The van der Waals surface area contributed by atoms with Crippen molar-refractivity contribution in [3.05, 3.63) is 23.5 Å². The maximum absolute atomic E-state index is 12.1. The second kappa shape index (κ2) is 6.44. The van der Waals surface area contributed by atoms with E-state index in [0.29, 0.717) is 35.7 Å². The van der Waals surface area contributed by atoms with E-state index in [-0.39, 0.29) is 5.69 Å². The van der Waals surface area contributed by atoms with Crippen LogP contribution < -0.4 is 10.2 Å². The maximum Gasteiger partial charge on any atom is 0.356 e. The van der Waals surface area contributed by atoms with Gasteiger partial charge in [-0.15, -0.1) is 0 Å². The minimum atomic E-state index is -0.478. The summed E-state index contributed by atoms with van der Waals surface area (Å²) < 4.78 is 4.89. The number of nitrogens with one attached hydrogen (secondary N) is 2. The minimum Gasteiger partial charge on any atom is -0.464 e. The summed E-state index contributed by atoms with van der Waals surface area (Å²) in [6.45, 7) is 1.93. The summed E-state index contributed by atoms with van der Waals surface area (Å²) in [5.74, 6) is 1.22. The summed E-state index contributed by atoms with van der Waals surface area (Å²) in [5, 5.41) is 10.2. The molecule has 0 bridgehead atoms. The Morgan fingerprint density at radius 1 is 1.18 bits per heavy atom. The Balaban J connectivity index is 1.41. The molecule has 2 aromatic rings. The van der Waals surface area contributed by atoms with Gasteiger partial charge in [-0.3, -0.25) is 10.00 Å². The van der Waals surface area contributed by atoms with E-state index in [1.807, 2.05) is 20.0 Å². The lowest BCUT2D eigenvalue weighted by Gasteiger charge is -2.66. The molecule has 0 aromatic carbocycles. The van der Waals surface area contributed by atoms with Crippen LogP contribution in [0.15, 0.2) is 12.1 Å². The molecule has 3 aliphatic heterocycles. The van der Waals surface area contributed by atoms with Gasteiger partial charge >= 0.3 is 5.97 Å². The number of H-pyrrole nitrogens is 1. The fourth-order valence-corrected chi connectivity index (χ4v) is 4.95. The number of aromatic nitrogens is 4. The maximum atomic E-state index is 12.1. The molecule has 4 atom stereocenters. The van der Waals surface area contributed by atoms with Crippen molar-refractivity contribution in [1.82, 2.24) is 25.1 Å². The zero-order valence-corrected chi connectivity index (χ0v) is 16.3. The smallest absolute Gasteiger partial charge is 0.356 e. The van der Waals surface area contributed by atoms with Crippen molar-refractivity contribution in [2.45, 2.75) is 56.8 Å². The highest BCUT2D eigenvalue weighted by Gasteiger charge is 2.55. The summed E-state index contributed by atoms with van der Waals surface area (Å²) in [6.07, 6.45) is 4.87. The molecule has 2 N–H and O–H groups in total. The topological polar surface area (TPSA) is 99.3 Å². The molecule has 2 aromatic heterocycles. The number of aromatic amines is 1. The highest BCUT2D eigenvalue weighted by atomic mass is 16.5. The molecule has 9 heteroatoms. The second-order valence-electron chi connectivity index (χ2n) is 8.11. The molecule has 9 nitrogen and oxygen atoms in total. The highest BCUT2D eigenvalue weighted by Crippen LogP contribution is 2.49. The standard InChI is InChI=1S/C19H25N7O2/c1-10-4-17(24-23-10)21-16-9-15(18(27)28-3)20-19(22-16)25(2)11-5-12-7-14-8-13(6-11)26(12)14/h4,9,11-14H,5-8H2,1-3H3,(H2,20,21,22,23,24)/t11?,12-,13+,14?. The van der Waals surface area contributed by atoms with E-state index in [1.54, 1.807) is 6.07 Å². The molecule has 0 saturated carbocycles. The van der Waals surface area contributed by atoms with Crippen LogP contribution in [0.5, 0.6) is 0 Å². The quantitative estimate of drug-likeness (QED) is 0.755. The zero-order chi connectivity index (χ0) is 19.4. The van der Waals surface area contributed by atoms with Crippen LogP contribution in [0.25, 0.3) is 0 Å². The molecule has 3 saturated heterocycles. The van der Waals surface area contributed by atoms with Gasteiger partial charge in [-0.1, -0.05) is 0 Å². The van der Waals surface area contributed by atoms with Crippen molar-refractivity contribution in [2.75, 3.05) is 24.4 Å². The molecule has 28 heavy (non-hydrogen) atoms. The van der Waals surface area contributed by atoms with E-state index in [1.165, 1.54) is 20.0 Å². The largest absolute Gasteiger partial charge is 0.464 e. The number of hydrogen-bond acceptors (Lipinski definition) is 8. The summed E-state index contributed by atoms with van der Waals surface area (Å²) in [7, 11) is 3.38. The number of ether oxygens (including phenoxy) is 1. The van der Waals surface area contributed by atoms with Crippen LogP contribution in [0.3, 0.4) is 0 Å². The van der Waals surface area contributed by atoms with Gasteiger partial charge in [0, 0.05) is 49.0 Å². The number of rotatable bonds is 5. The normalized spacial score (nSPS) is 28.0. The summed E-state index contributed by atoms with van der Waals surface area (Å²) >= 11 is 0. The lowest BCUT2D eigenvalue weighted by Crippen LogP contribution is -2.74. The van der Waals surface area contributed by atoms with Crippen molar-refractivity contribution >= 4 is 23.6 Å². The van der Waals surface area contributed by atoms with Gasteiger partial charge in [0.15, 0.2) is 11.5 Å². The van der Waals surface area contributed by atoms with Crippen LogP contribution in [0.2, 0.25) is 0 Å². The Labute approximate surface area is 163 Å². The molecule has 3 fully saturated rings. The molecule has 5 heterocycles. The second-order valence-corrected chi connectivity index (χ2v) is 8.11. The predicted octanol–water partition coefficient (Wildman–Crippen LogP) is 1.85. The van der Waals surface area contributed by atoms with Crippen LogP contribution in [-0.4, -0.2) is 69.4 Å². The van der Waals surface area contributed by atoms with Gasteiger partial charge < -0.3 is 15.0 Å². The third kappa shape index (κ3) is 2.81. The molecule has 148 valence electrons. The van der Waals surface area contributed by atoms with Crippen molar-refractivity contribution in [3.8, 4) is 0 Å². The third-order valence-corrected chi connectivity index (χ3v) is 6.38. The molecule has 2 unspecified atom stereocenters. The molecule has 0 aliphatic carbocycles. The number of hydrogen-bond donors (Lipinski definition) is 2. The molecular formula is C19H25N7O2. The number of anilines is 3. The fraction of sp³-hybridized carbons (Fsp3) is 0.579. The summed E-state index contributed by atoms with van der Waals surface area (Å²) in [6, 6.07) is 6.08.